The van der Waals surface area contributed by atoms with Gasteiger partial charge >= 0.3 is 0 Å². The Kier molecular flexibility index (Phi) is 10.4. The number of thioether (sulfide) groups is 1. The molecule has 1 unspecified atom stereocenters. The fraction of sp³-hybridized carbons (Fsp3) is 0.417. The van der Waals surface area contributed by atoms with E-state index in [4.69, 9.17) is 0 Å². The Morgan fingerprint density at radius 3 is 2.39 bits per heavy atom. The van der Waals surface area contributed by atoms with Crippen LogP contribution in [0.1, 0.15) is 37.8 Å². The lowest BCUT2D eigenvalue weighted by atomic mass is 10.1. The highest BCUT2D eigenvalue weighted by atomic mass is 32.2. The molecule has 0 radical (unpaired) electrons. The van der Waals surface area contributed by atoms with Gasteiger partial charge in [0.25, 0.3) is 0 Å². The highest BCUT2D eigenvalue weighted by Gasteiger charge is 2.25. The molecule has 0 aliphatic rings. The maximum Gasteiger partial charge on any atom is 0.241 e. The van der Waals surface area contributed by atoms with Crippen molar-refractivity contribution in [1.82, 2.24) is 10.0 Å². The summed E-state index contributed by atoms with van der Waals surface area (Å²) in [5.41, 5.74) is 2.41. The van der Waals surface area contributed by atoms with E-state index in [9.17, 15) is 18.0 Å². The van der Waals surface area contributed by atoms with E-state index in [1.807, 2.05) is 33.1 Å². The second-order valence-electron chi connectivity index (χ2n) is 8.33. The molecule has 0 aliphatic heterocycles. The number of sulfonamides is 1. The van der Waals surface area contributed by atoms with Crippen molar-refractivity contribution in [3.05, 3.63) is 59.7 Å². The van der Waals surface area contributed by atoms with Gasteiger partial charge < -0.3 is 10.6 Å². The van der Waals surface area contributed by atoms with Crippen LogP contribution in [0.3, 0.4) is 0 Å². The molecule has 2 aromatic carbocycles. The van der Waals surface area contributed by atoms with Crippen molar-refractivity contribution in [3.63, 3.8) is 0 Å². The van der Waals surface area contributed by atoms with Crippen molar-refractivity contribution in [3.8, 4) is 0 Å². The number of hydrogen-bond acceptors (Lipinski definition) is 5. The van der Waals surface area contributed by atoms with Gasteiger partial charge in [-0.2, -0.15) is 16.5 Å². The van der Waals surface area contributed by atoms with E-state index >= 15 is 0 Å². The fourth-order valence-corrected chi connectivity index (χ4v) is 4.81. The molecular formula is C24H33N3O4S2. The average Bonchev–Trinajstić information content (AvgIpc) is 2.75. The zero-order chi connectivity index (χ0) is 24.4. The quantitative estimate of drug-likeness (QED) is 0.420. The molecule has 2 rings (SSSR count). The molecule has 7 nitrogen and oxygen atoms in total. The molecule has 0 heterocycles. The molecule has 180 valence electrons. The minimum atomic E-state index is -3.83. The molecule has 2 amide bonds. The van der Waals surface area contributed by atoms with Crippen LogP contribution in [0.2, 0.25) is 0 Å². The fourth-order valence-electron chi connectivity index (χ4n) is 3.11. The van der Waals surface area contributed by atoms with Crippen molar-refractivity contribution in [1.29, 1.82) is 0 Å². The lowest BCUT2D eigenvalue weighted by molar-refractivity contribution is -0.123. The van der Waals surface area contributed by atoms with Crippen LogP contribution < -0.4 is 15.4 Å². The van der Waals surface area contributed by atoms with Crippen LogP contribution in [-0.4, -0.2) is 38.3 Å². The van der Waals surface area contributed by atoms with E-state index in [0.717, 1.165) is 11.1 Å². The van der Waals surface area contributed by atoms with E-state index in [-0.39, 0.29) is 23.3 Å². The van der Waals surface area contributed by atoms with Crippen molar-refractivity contribution < 1.29 is 18.0 Å². The van der Waals surface area contributed by atoms with Crippen LogP contribution in [0.5, 0.6) is 0 Å². The number of hydrogen-bond donors (Lipinski definition) is 3. The van der Waals surface area contributed by atoms with Gasteiger partial charge in [-0.3, -0.25) is 9.59 Å². The Hall–Kier alpha value is -2.36. The second kappa shape index (κ2) is 12.8. The summed E-state index contributed by atoms with van der Waals surface area (Å²) in [6, 6.07) is 12.8. The van der Waals surface area contributed by atoms with Crippen LogP contribution >= 0.6 is 11.8 Å². The van der Waals surface area contributed by atoms with Crippen LogP contribution in [-0.2, 0) is 26.2 Å². The number of amides is 2. The molecule has 33 heavy (non-hydrogen) atoms. The van der Waals surface area contributed by atoms with Crippen molar-refractivity contribution in [2.24, 2.45) is 5.92 Å². The Labute approximate surface area is 201 Å². The van der Waals surface area contributed by atoms with Gasteiger partial charge in [-0.1, -0.05) is 43.7 Å². The topological polar surface area (TPSA) is 104 Å². The molecule has 0 aromatic heterocycles. The molecule has 0 spiro atoms. The zero-order valence-corrected chi connectivity index (χ0v) is 21.2. The summed E-state index contributed by atoms with van der Waals surface area (Å²) < 4.78 is 28.1. The predicted molar refractivity (Wildman–Crippen MR) is 135 cm³/mol. The first-order chi connectivity index (χ1) is 15.6. The van der Waals surface area contributed by atoms with Gasteiger partial charge in [-0.15, -0.1) is 0 Å². The van der Waals surface area contributed by atoms with Crippen LogP contribution in [0.4, 0.5) is 5.69 Å². The lowest BCUT2D eigenvalue weighted by Gasteiger charge is -2.18. The molecule has 1 atom stereocenters. The summed E-state index contributed by atoms with van der Waals surface area (Å²) in [6.07, 6.45) is 2.70. The summed E-state index contributed by atoms with van der Waals surface area (Å²) in [7, 11) is -3.83. The van der Waals surface area contributed by atoms with Crippen molar-refractivity contribution >= 4 is 39.3 Å². The number of rotatable bonds is 12. The summed E-state index contributed by atoms with van der Waals surface area (Å²) in [6.45, 7) is 6.05. The van der Waals surface area contributed by atoms with Gasteiger partial charge in [0.05, 0.1) is 4.90 Å². The highest BCUT2D eigenvalue weighted by Crippen LogP contribution is 2.14. The molecule has 9 heteroatoms. The maximum absolute atomic E-state index is 12.9. The third-order valence-electron chi connectivity index (χ3n) is 4.83. The van der Waals surface area contributed by atoms with E-state index in [0.29, 0.717) is 24.3 Å². The SMILES string of the molecule is CSCCC(NS(=O)(=O)c1ccc(C)cc1)C(=O)NCc1cccc(NC(=O)CC(C)C)c1. The second-order valence-corrected chi connectivity index (χ2v) is 11.0. The Bertz CT molecular complexity index is 1040. The zero-order valence-electron chi connectivity index (χ0n) is 19.6. The van der Waals surface area contributed by atoms with E-state index < -0.39 is 22.0 Å². The number of aryl methyl sites for hydroxylation is 1. The van der Waals surface area contributed by atoms with Crippen molar-refractivity contribution in [2.45, 2.75) is 51.1 Å². The maximum atomic E-state index is 12.9. The smallest absolute Gasteiger partial charge is 0.241 e. The Balaban J connectivity index is 2.04. The standard InChI is InChI=1S/C24H33N3O4S2/c1-17(2)14-23(28)26-20-7-5-6-19(15-20)16-25-24(29)22(12-13-32-4)27-33(30,31)21-10-8-18(3)9-11-21/h5-11,15,17,22,27H,12-14,16H2,1-4H3,(H,25,29)(H,26,28). The molecule has 2 aromatic rings. The van der Waals surface area contributed by atoms with E-state index in [1.54, 1.807) is 42.1 Å². The largest absolute Gasteiger partial charge is 0.351 e. The molecule has 0 bridgehead atoms. The van der Waals surface area contributed by atoms with Crippen LogP contribution in [0, 0.1) is 12.8 Å². The molecule has 0 saturated heterocycles. The highest BCUT2D eigenvalue weighted by molar-refractivity contribution is 7.98. The first-order valence-corrected chi connectivity index (χ1v) is 13.7. The Morgan fingerprint density at radius 1 is 1.06 bits per heavy atom. The van der Waals surface area contributed by atoms with Gasteiger partial charge in [0.2, 0.25) is 21.8 Å². The van der Waals surface area contributed by atoms with Gasteiger partial charge in [-0.25, -0.2) is 8.42 Å². The van der Waals surface area contributed by atoms with Crippen molar-refractivity contribution in [2.75, 3.05) is 17.3 Å². The number of nitrogens with one attached hydrogen (secondary N) is 3. The normalized spacial score (nSPS) is 12.4. The molecule has 3 N–H and O–H groups in total. The third-order valence-corrected chi connectivity index (χ3v) is 6.96. The first-order valence-electron chi connectivity index (χ1n) is 10.8. The predicted octanol–water partition coefficient (Wildman–Crippen LogP) is 3.70. The van der Waals surface area contributed by atoms with Gasteiger partial charge in [0.15, 0.2) is 0 Å². The van der Waals surface area contributed by atoms with Crippen LogP contribution in [0.15, 0.2) is 53.4 Å². The minimum absolute atomic E-state index is 0.0613. The number of benzene rings is 2. The first kappa shape index (κ1) is 26.9. The molecular weight excluding hydrogens is 458 g/mol. The Morgan fingerprint density at radius 2 is 1.76 bits per heavy atom. The summed E-state index contributed by atoms with van der Waals surface area (Å²) >= 11 is 1.54. The third kappa shape index (κ3) is 9.19. The van der Waals surface area contributed by atoms with E-state index in [1.165, 1.54) is 12.1 Å². The van der Waals surface area contributed by atoms with E-state index in [2.05, 4.69) is 15.4 Å². The van der Waals surface area contributed by atoms with Crippen LogP contribution in [0.25, 0.3) is 0 Å². The number of carbonyl (C=O) groups is 2. The average molecular weight is 492 g/mol. The summed E-state index contributed by atoms with van der Waals surface area (Å²) in [4.78, 5) is 25.0. The lowest BCUT2D eigenvalue weighted by Crippen LogP contribution is -2.46. The van der Waals surface area contributed by atoms with Gasteiger partial charge in [-0.05, 0) is 61.1 Å². The minimum Gasteiger partial charge on any atom is -0.351 e. The van der Waals surface area contributed by atoms with Gasteiger partial charge in [0, 0.05) is 18.7 Å². The molecule has 0 aliphatic carbocycles. The monoisotopic (exact) mass is 491 g/mol. The number of carbonyl (C=O) groups excluding carboxylic acids is 2. The summed E-state index contributed by atoms with van der Waals surface area (Å²) in [5, 5.41) is 5.68. The summed E-state index contributed by atoms with van der Waals surface area (Å²) in [5.74, 6) is 0.434. The molecule has 0 saturated carbocycles. The van der Waals surface area contributed by atoms with Gasteiger partial charge in [0.1, 0.15) is 6.04 Å². The molecule has 0 fully saturated rings. The number of anilines is 1.